The summed E-state index contributed by atoms with van der Waals surface area (Å²) in [4.78, 5) is 17.4. The molecule has 0 aromatic heterocycles. The summed E-state index contributed by atoms with van der Waals surface area (Å²) in [5, 5.41) is 23.3. The molecule has 2 aromatic rings. The number of carbonyl (C=O) groups is 1. The Bertz CT molecular complexity index is 891. The Kier molecular flexibility index (Phi) is 7.10. The summed E-state index contributed by atoms with van der Waals surface area (Å²) in [5.74, 6) is 0.189. The lowest BCUT2D eigenvalue weighted by molar-refractivity contribution is -0.160. The summed E-state index contributed by atoms with van der Waals surface area (Å²) >= 11 is 0. The van der Waals surface area contributed by atoms with Crippen LogP contribution in [-0.4, -0.2) is 59.5 Å². The van der Waals surface area contributed by atoms with Gasteiger partial charge in [0.05, 0.1) is 0 Å². The fourth-order valence-electron chi connectivity index (χ4n) is 5.03. The first-order valence-electron chi connectivity index (χ1n) is 11.8. The van der Waals surface area contributed by atoms with E-state index in [1.807, 2.05) is 53.4 Å². The largest absolute Gasteiger partial charge is 0.375 e. The van der Waals surface area contributed by atoms with Crippen LogP contribution < -0.4 is 5.32 Å². The zero-order chi connectivity index (χ0) is 22.4. The number of nitrogens with one attached hydrogen (secondary N) is 2. The first kappa shape index (κ1) is 22.3. The standard InChI is InChI=1S/C26H34N4O2/c27-25(28-16-15-21-9-3-1-4-10-21)30-19-17-29(18-20-30)24(31)26(32,23-13-7-8-14-23)22-11-5-2-6-12-22/h1-6,9-12,23,32H,7-8,13-20H2,(H2,27,28)/t26-/m0/s1. The quantitative estimate of drug-likeness (QED) is 0.482. The van der Waals surface area contributed by atoms with E-state index in [0.29, 0.717) is 44.2 Å². The Morgan fingerprint density at radius 2 is 1.50 bits per heavy atom. The van der Waals surface area contributed by atoms with Gasteiger partial charge in [0.15, 0.2) is 11.6 Å². The maximum atomic E-state index is 13.6. The molecule has 170 valence electrons. The lowest BCUT2D eigenvalue weighted by Gasteiger charge is -2.42. The van der Waals surface area contributed by atoms with Crippen LogP contribution in [0.2, 0.25) is 0 Å². The monoisotopic (exact) mass is 434 g/mol. The van der Waals surface area contributed by atoms with E-state index >= 15 is 0 Å². The van der Waals surface area contributed by atoms with Gasteiger partial charge in [-0.25, -0.2) is 0 Å². The normalized spacial score (nSPS) is 18.9. The predicted octanol–water partition coefficient (Wildman–Crippen LogP) is 2.98. The molecule has 0 unspecified atom stereocenters. The van der Waals surface area contributed by atoms with Crippen molar-refractivity contribution in [3.05, 3.63) is 71.8 Å². The highest BCUT2D eigenvalue weighted by Crippen LogP contribution is 2.42. The van der Waals surface area contributed by atoms with Gasteiger partial charge < -0.3 is 20.2 Å². The number of piperazine rings is 1. The van der Waals surface area contributed by atoms with Crippen LogP contribution in [0.3, 0.4) is 0 Å². The highest BCUT2D eigenvalue weighted by atomic mass is 16.3. The zero-order valence-electron chi connectivity index (χ0n) is 18.7. The highest BCUT2D eigenvalue weighted by Gasteiger charge is 2.48. The molecule has 0 bridgehead atoms. The molecule has 0 spiro atoms. The van der Waals surface area contributed by atoms with E-state index in [0.717, 1.165) is 32.1 Å². The second kappa shape index (κ2) is 10.2. The van der Waals surface area contributed by atoms with Crippen LogP contribution in [0.25, 0.3) is 0 Å². The van der Waals surface area contributed by atoms with Crippen molar-refractivity contribution in [1.82, 2.24) is 15.1 Å². The Morgan fingerprint density at radius 3 is 2.12 bits per heavy atom. The summed E-state index contributed by atoms with van der Waals surface area (Å²) in [6, 6.07) is 19.7. The van der Waals surface area contributed by atoms with Crippen LogP contribution in [0, 0.1) is 11.3 Å². The average Bonchev–Trinajstić information content (AvgIpc) is 3.40. The molecule has 1 atom stereocenters. The molecule has 2 aliphatic rings. The van der Waals surface area contributed by atoms with Crippen LogP contribution >= 0.6 is 0 Å². The van der Waals surface area contributed by atoms with Gasteiger partial charge in [0, 0.05) is 38.6 Å². The van der Waals surface area contributed by atoms with Gasteiger partial charge in [0.1, 0.15) is 0 Å². The van der Waals surface area contributed by atoms with Gasteiger partial charge in [0.2, 0.25) is 0 Å². The van der Waals surface area contributed by atoms with Crippen molar-refractivity contribution in [2.45, 2.75) is 37.7 Å². The van der Waals surface area contributed by atoms with Gasteiger partial charge in [-0.05, 0) is 30.4 Å². The van der Waals surface area contributed by atoms with Crippen molar-refractivity contribution in [2.75, 3.05) is 32.7 Å². The highest BCUT2D eigenvalue weighted by molar-refractivity contribution is 5.87. The van der Waals surface area contributed by atoms with Crippen LogP contribution in [0.4, 0.5) is 0 Å². The second-order valence-corrected chi connectivity index (χ2v) is 8.90. The van der Waals surface area contributed by atoms with Crippen LogP contribution in [0.1, 0.15) is 36.8 Å². The van der Waals surface area contributed by atoms with Crippen molar-refractivity contribution in [1.29, 1.82) is 5.41 Å². The van der Waals surface area contributed by atoms with E-state index < -0.39 is 5.60 Å². The minimum Gasteiger partial charge on any atom is -0.375 e. The third kappa shape index (κ3) is 4.80. The van der Waals surface area contributed by atoms with Crippen molar-refractivity contribution in [2.24, 2.45) is 5.92 Å². The van der Waals surface area contributed by atoms with Gasteiger partial charge in [-0.1, -0.05) is 73.5 Å². The predicted molar refractivity (Wildman–Crippen MR) is 126 cm³/mol. The summed E-state index contributed by atoms with van der Waals surface area (Å²) < 4.78 is 0. The van der Waals surface area contributed by atoms with Crippen LogP contribution in [0.5, 0.6) is 0 Å². The minimum absolute atomic E-state index is 0.0339. The molecular formula is C26H34N4O2. The molecular weight excluding hydrogens is 400 g/mol. The van der Waals surface area contributed by atoms with Gasteiger partial charge in [-0.15, -0.1) is 0 Å². The number of amides is 1. The van der Waals surface area contributed by atoms with Gasteiger partial charge >= 0.3 is 0 Å². The SMILES string of the molecule is N=C(NCCc1ccccc1)N1CCN(C(=O)[C@](O)(c2ccccc2)C2CCCC2)CC1. The molecule has 6 heteroatoms. The smallest absolute Gasteiger partial charge is 0.259 e. The molecule has 1 heterocycles. The molecule has 6 nitrogen and oxygen atoms in total. The van der Waals surface area contributed by atoms with Crippen LogP contribution in [-0.2, 0) is 16.8 Å². The molecule has 2 fully saturated rings. The Balaban J connectivity index is 1.34. The van der Waals surface area contributed by atoms with Crippen molar-refractivity contribution < 1.29 is 9.90 Å². The van der Waals surface area contributed by atoms with E-state index in [2.05, 4.69) is 17.4 Å². The minimum atomic E-state index is -1.46. The van der Waals surface area contributed by atoms with E-state index in [1.165, 1.54) is 5.56 Å². The third-order valence-corrected chi connectivity index (χ3v) is 6.92. The van der Waals surface area contributed by atoms with Crippen molar-refractivity contribution in [3.63, 3.8) is 0 Å². The van der Waals surface area contributed by atoms with E-state index in [-0.39, 0.29) is 11.8 Å². The molecule has 3 N–H and O–H groups in total. The van der Waals surface area contributed by atoms with Gasteiger partial charge in [0.25, 0.3) is 5.91 Å². The molecule has 1 saturated carbocycles. The van der Waals surface area contributed by atoms with Gasteiger partial charge in [-0.3, -0.25) is 10.2 Å². The Morgan fingerprint density at radius 1 is 0.938 bits per heavy atom. The van der Waals surface area contributed by atoms with Crippen molar-refractivity contribution >= 4 is 11.9 Å². The number of hydrogen-bond donors (Lipinski definition) is 3. The second-order valence-electron chi connectivity index (χ2n) is 8.90. The molecule has 4 rings (SSSR count). The van der Waals surface area contributed by atoms with E-state index in [1.54, 1.807) is 4.90 Å². The molecule has 1 aliphatic heterocycles. The van der Waals surface area contributed by atoms with E-state index in [9.17, 15) is 9.90 Å². The first-order valence-corrected chi connectivity index (χ1v) is 11.8. The summed E-state index contributed by atoms with van der Waals surface area (Å²) in [6.07, 6.45) is 4.76. The molecule has 0 radical (unpaired) electrons. The number of aliphatic hydroxyl groups is 1. The zero-order valence-corrected chi connectivity index (χ0v) is 18.7. The Labute approximate surface area is 190 Å². The lowest BCUT2D eigenvalue weighted by Crippen LogP contribution is -2.58. The topological polar surface area (TPSA) is 79.7 Å². The third-order valence-electron chi connectivity index (χ3n) is 6.92. The lowest BCUT2D eigenvalue weighted by atomic mass is 9.79. The number of nitrogens with zero attached hydrogens (tertiary/aromatic N) is 2. The molecule has 1 amide bonds. The summed E-state index contributed by atoms with van der Waals surface area (Å²) in [6.45, 7) is 2.93. The fourth-order valence-corrected chi connectivity index (χ4v) is 5.03. The Hall–Kier alpha value is -2.86. The molecule has 1 aliphatic carbocycles. The average molecular weight is 435 g/mol. The number of rotatable bonds is 6. The molecule has 1 saturated heterocycles. The van der Waals surface area contributed by atoms with Crippen molar-refractivity contribution in [3.8, 4) is 0 Å². The number of carbonyl (C=O) groups excluding carboxylic acids is 1. The summed E-state index contributed by atoms with van der Waals surface area (Å²) in [7, 11) is 0. The maximum absolute atomic E-state index is 13.6. The summed E-state index contributed by atoms with van der Waals surface area (Å²) in [5.41, 5.74) is 0.492. The van der Waals surface area contributed by atoms with E-state index in [4.69, 9.17) is 5.41 Å². The number of benzene rings is 2. The number of hydrogen-bond acceptors (Lipinski definition) is 3. The van der Waals surface area contributed by atoms with Gasteiger partial charge in [-0.2, -0.15) is 0 Å². The first-order chi connectivity index (χ1) is 15.6. The molecule has 32 heavy (non-hydrogen) atoms. The maximum Gasteiger partial charge on any atom is 0.259 e. The molecule has 2 aromatic carbocycles. The number of guanidine groups is 1. The van der Waals surface area contributed by atoms with Crippen LogP contribution in [0.15, 0.2) is 60.7 Å². The fraction of sp³-hybridized carbons (Fsp3) is 0.462.